The molecule has 1 aromatic rings. The molecule has 1 atom stereocenters. The number of carbonyl (C=O) groups excluding carboxylic acids is 2. The van der Waals surface area contributed by atoms with Crippen LogP contribution in [0.4, 0.5) is 4.79 Å². The maximum absolute atomic E-state index is 12.5. The van der Waals surface area contributed by atoms with Crippen LogP contribution in [0.25, 0.3) is 0 Å². The fourth-order valence-electron chi connectivity index (χ4n) is 2.42. The fraction of sp³-hybridized carbons (Fsp3) is 0.286. The number of nitrogens with zero attached hydrogens (tertiary/aromatic N) is 1. The number of nitrogens with one attached hydrogen (secondary N) is 1. The van der Waals surface area contributed by atoms with Crippen LogP contribution in [-0.4, -0.2) is 30.2 Å². The highest BCUT2D eigenvalue weighted by Crippen LogP contribution is 2.37. The van der Waals surface area contributed by atoms with E-state index in [0.29, 0.717) is 17.1 Å². The van der Waals surface area contributed by atoms with Crippen LogP contribution < -0.4 is 14.8 Å². The zero-order valence-electron chi connectivity index (χ0n) is 11.3. The van der Waals surface area contributed by atoms with Crippen molar-refractivity contribution in [2.75, 3.05) is 13.3 Å². The predicted molar refractivity (Wildman–Crippen MR) is 75.2 cm³/mol. The normalized spacial score (nSPS) is 23.4. The van der Waals surface area contributed by atoms with E-state index in [1.165, 1.54) is 0 Å². The maximum atomic E-state index is 12.5. The van der Waals surface area contributed by atoms with Crippen LogP contribution in [-0.2, 0) is 10.3 Å². The molecule has 1 aromatic carbocycles. The van der Waals surface area contributed by atoms with E-state index in [1.807, 2.05) is 0 Å². The van der Waals surface area contributed by atoms with Gasteiger partial charge in [0.25, 0.3) is 5.91 Å². The van der Waals surface area contributed by atoms with Crippen LogP contribution in [0.2, 0.25) is 0 Å². The van der Waals surface area contributed by atoms with E-state index in [2.05, 4.69) is 11.9 Å². The number of amides is 3. The van der Waals surface area contributed by atoms with E-state index in [-0.39, 0.29) is 24.3 Å². The van der Waals surface area contributed by atoms with Gasteiger partial charge in [-0.05, 0) is 24.6 Å². The third-order valence-corrected chi connectivity index (χ3v) is 3.67. The molecule has 7 heteroatoms. The molecule has 0 aromatic heterocycles. The molecule has 2 aliphatic rings. The number of rotatable bonds is 3. The van der Waals surface area contributed by atoms with Gasteiger partial charge in [0.1, 0.15) is 5.54 Å². The molecule has 2 aliphatic heterocycles. The summed E-state index contributed by atoms with van der Waals surface area (Å²) in [4.78, 5) is 25.6. The molecule has 1 saturated heterocycles. The van der Waals surface area contributed by atoms with E-state index in [4.69, 9.17) is 21.1 Å². The Labute approximate surface area is 126 Å². The summed E-state index contributed by atoms with van der Waals surface area (Å²) in [5.41, 5.74) is -0.544. The van der Waals surface area contributed by atoms with Gasteiger partial charge < -0.3 is 14.8 Å². The number of halogens is 1. The van der Waals surface area contributed by atoms with Crippen molar-refractivity contribution in [1.29, 1.82) is 0 Å². The van der Waals surface area contributed by atoms with Gasteiger partial charge in [-0.25, -0.2) is 4.79 Å². The number of imide groups is 1. The average Bonchev–Trinajstić information content (AvgIpc) is 2.97. The molecule has 21 heavy (non-hydrogen) atoms. The molecule has 1 unspecified atom stereocenters. The summed E-state index contributed by atoms with van der Waals surface area (Å²) in [6.45, 7) is 5.28. The van der Waals surface area contributed by atoms with Crippen molar-refractivity contribution in [3.63, 3.8) is 0 Å². The van der Waals surface area contributed by atoms with E-state index in [9.17, 15) is 9.59 Å². The van der Waals surface area contributed by atoms with Gasteiger partial charge in [-0.1, -0.05) is 24.2 Å². The van der Waals surface area contributed by atoms with Gasteiger partial charge in [0.15, 0.2) is 11.5 Å². The van der Waals surface area contributed by atoms with Crippen molar-refractivity contribution >= 4 is 23.5 Å². The van der Waals surface area contributed by atoms with Crippen molar-refractivity contribution < 1.29 is 19.1 Å². The summed E-state index contributed by atoms with van der Waals surface area (Å²) in [5, 5.41) is 2.90. The molecule has 0 spiro atoms. The Balaban J connectivity index is 1.96. The topological polar surface area (TPSA) is 67.9 Å². The highest BCUT2D eigenvalue weighted by molar-refractivity contribution is 6.30. The van der Waals surface area contributed by atoms with Crippen LogP contribution >= 0.6 is 11.6 Å². The smallest absolute Gasteiger partial charge is 0.325 e. The molecule has 3 amide bonds. The summed E-state index contributed by atoms with van der Waals surface area (Å²) in [5.74, 6) is 0.786. The lowest BCUT2D eigenvalue weighted by Gasteiger charge is -2.22. The number of hydrogen-bond donors (Lipinski definition) is 1. The van der Waals surface area contributed by atoms with Crippen LogP contribution in [0, 0.1) is 0 Å². The predicted octanol–water partition coefficient (Wildman–Crippen LogP) is 1.93. The molecule has 0 saturated carbocycles. The van der Waals surface area contributed by atoms with E-state index >= 15 is 0 Å². The Bertz CT molecular complexity index is 660. The van der Waals surface area contributed by atoms with Crippen molar-refractivity contribution in [3.8, 4) is 11.5 Å². The minimum absolute atomic E-state index is 0.0215. The van der Waals surface area contributed by atoms with Gasteiger partial charge in [-0.15, -0.1) is 0 Å². The van der Waals surface area contributed by atoms with Gasteiger partial charge in [-0.3, -0.25) is 9.69 Å². The molecule has 0 bridgehead atoms. The Morgan fingerprint density at radius 2 is 2.14 bits per heavy atom. The largest absolute Gasteiger partial charge is 0.454 e. The number of hydrogen-bond acceptors (Lipinski definition) is 4. The molecular weight excluding hydrogens is 296 g/mol. The van der Waals surface area contributed by atoms with Gasteiger partial charge in [-0.2, -0.15) is 0 Å². The lowest BCUT2D eigenvalue weighted by atomic mass is 9.91. The highest BCUT2D eigenvalue weighted by atomic mass is 35.5. The molecule has 1 N–H and O–H groups in total. The molecular formula is C14H13ClN2O4. The van der Waals surface area contributed by atoms with Gasteiger partial charge in [0.2, 0.25) is 6.79 Å². The Morgan fingerprint density at radius 1 is 1.43 bits per heavy atom. The first-order chi connectivity index (χ1) is 9.91. The van der Waals surface area contributed by atoms with Gasteiger partial charge in [0, 0.05) is 5.03 Å². The van der Waals surface area contributed by atoms with Crippen LogP contribution in [0.3, 0.4) is 0 Å². The first-order valence-corrected chi connectivity index (χ1v) is 6.67. The monoisotopic (exact) mass is 308 g/mol. The summed E-state index contributed by atoms with van der Waals surface area (Å²) in [7, 11) is 0. The average molecular weight is 309 g/mol. The highest BCUT2D eigenvalue weighted by Gasteiger charge is 2.49. The molecule has 110 valence electrons. The zero-order chi connectivity index (χ0) is 15.2. The minimum Gasteiger partial charge on any atom is -0.454 e. The lowest BCUT2D eigenvalue weighted by Crippen LogP contribution is -2.41. The maximum Gasteiger partial charge on any atom is 0.325 e. The second-order valence-corrected chi connectivity index (χ2v) is 5.57. The number of carbonyl (C=O) groups is 2. The molecule has 6 nitrogen and oxygen atoms in total. The summed E-state index contributed by atoms with van der Waals surface area (Å²) < 4.78 is 10.5. The minimum atomic E-state index is -1.16. The Morgan fingerprint density at radius 3 is 2.86 bits per heavy atom. The van der Waals surface area contributed by atoms with Gasteiger partial charge in [0.05, 0.1) is 6.54 Å². The SMILES string of the molecule is C=C(Cl)CN1C(=O)NC(C)(c2ccc3c(c2)OCO3)C1=O. The van der Waals surface area contributed by atoms with Crippen molar-refractivity contribution in [3.05, 3.63) is 35.4 Å². The number of urea groups is 1. The van der Waals surface area contributed by atoms with Crippen LogP contribution in [0.15, 0.2) is 29.8 Å². The molecule has 2 heterocycles. The Kier molecular flexibility index (Phi) is 3.06. The fourth-order valence-corrected chi connectivity index (χ4v) is 2.53. The number of benzene rings is 1. The summed E-state index contributed by atoms with van der Waals surface area (Å²) >= 11 is 5.70. The standard InChI is InChI=1S/C14H13ClN2O4/c1-8(15)6-17-12(18)14(2,16-13(17)19)9-3-4-10-11(5-9)21-7-20-10/h3-5H,1,6-7H2,2H3,(H,16,19). The van der Waals surface area contributed by atoms with E-state index in [0.717, 1.165) is 4.90 Å². The summed E-state index contributed by atoms with van der Waals surface area (Å²) in [6.07, 6.45) is 0. The molecule has 3 rings (SSSR count). The van der Waals surface area contributed by atoms with Crippen molar-refractivity contribution in [2.45, 2.75) is 12.5 Å². The first kappa shape index (κ1) is 13.8. The van der Waals surface area contributed by atoms with E-state index < -0.39 is 11.6 Å². The summed E-state index contributed by atoms with van der Waals surface area (Å²) in [6, 6.07) is 4.64. The van der Waals surface area contributed by atoms with Crippen molar-refractivity contribution in [1.82, 2.24) is 10.2 Å². The Hall–Kier alpha value is -2.21. The van der Waals surface area contributed by atoms with Crippen LogP contribution in [0.5, 0.6) is 11.5 Å². The quantitative estimate of drug-likeness (QED) is 0.867. The molecule has 1 fully saturated rings. The zero-order valence-corrected chi connectivity index (χ0v) is 12.1. The second kappa shape index (κ2) is 4.66. The van der Waals surface area contributed by atoms with Gasteiger partial charge >= 0.3 is 6.03 Å². The number of ether oxygens (including phenoxy) is 2. The third kappa shape index (κ3) is 2.12. The van der Waals surface area contributed by atoms with Crippen molar-refractivity contribution in [2.24, 2.45) is 0 Å². The second-order valence-electron chi connectivity index (χ2n) is 5.03. The number of fused-ring (bicyclic) bond motifs is 1. The van der Waals surface area contributed by atoms with E-state index in [1.54, 1.807) is 25.1 Å². The first-order valence-electron chi connectivity index (χ1n) is 6.29. The molecule has 0 radical (unpaired) electrons. The molecule has 0 aliphatic carbocycles. The van der Waals surface area contributed by atoms with Crippen LogP contribution in [0.1, 0.15) is 12.5 Å². The lowest BCUT2D eigenvalue weighted by molar-refractivity contribution is -0.130. The third-order valence-electron chi connectivity index (χ3n) is 3.55.